The highest BCUT2D eigenvalue weighted by Crippen LogP contribution is 2.11. The van der Waals surface area contributed by atoms with E-state index in [4.69, 9.17) is 4.74 Å². The molecular formula is C17H29FIN3O. The van der Waals surface area contributed by atoms with Gasteiger partial charge in [-0.15, -0.1) is 24.0 Å². The number of hydrogen-bond acceptors (Lipinski definition) is 2. The lowest BCUT2D eigenvalue weighted by atomic mass is 10.0. The SMILES string of the molecule is CCC(CC)CNC(=NC)NCc1ccc(F)c(COC)c1.I. The Morgan fingerprint density at radius 1 is 1.26 bits per heavy atom. The van der Waals surface area contributed by atoms with Crippen LogP contribution in [0.15, 0.2) is 23.2 Å². The molecule has 0 radical (unpaired) electrons. The van der Waals surface area contributed by atoms with Gasteiger partial charge < -0.3 is 15.4 Å². The molecule has 6 heteroatoms. The van der Waals surface area contributed by atoms with Gasteiger partial charge in [-0.1, -0.05) is 32.8 Å². The fraction of sp³-hybridized carbons (Fsp3) is 0.588. The molecule has 4 nitrogen and oxygen atoms in total. The Morgan fingerprint density at radius 2 is 1.96 bits per heavy atom. The van der Waals surface area contributed by atoms with Crippen LogP contribution in [0.1, 0.15) is 37.8 Å². The number of ether oxygens (including phenoxy) is 1. The molecule has 1 rings (SSSR count). The van der Waals surface area contributed by atoms with Crippen molar-refractivity contribution in [1.29, 1.82) is 0 Å². The Kier molecular flexibility index (Phi) is 12.0. The highest BCUT2D eigenvalue weighted by Gasteiger charge is 2.06. The highest BCUT2D eigenvalue weighted by molar-refractivity contribution is 14.0. The van der Waals surface area contributed by atoms with Crippen LogP contribution in [0.5, 0.6) is 0 Å². The molecule has 0 saturated carbocycles. The number of rotatable bonds is 8. The maximum atomic E-state index is 13.6. The Balaban J connectivity index is 0.00000484. The second-order valence-corrected chi connectivity index (χ2v) is 5.35. The quantitative estimate of drug-likeness (QED) is 0.371. The zero-order valence-electron chi connectivity index (χ0n) is 14.5. The first-order valence-electron chi connectivity index (χ1n) is 7.85. The van der Waals surface area contributed by atoms with E-state index in [9.17, 15) is 4.39 Å². The van der Waals surface area contributed by atoms with Gasteiger partial charge in [0.2, 0.25) is 0 Å². The minimum atomic E-state index is -0.234. The molecule has 23 heavy (non-hydrogen) atoms. The van der Waals surface area contributed by atoms with Crippen LogP contribution in [0, 0.1) is 11.7 Å². The first kappa shape index (κ1) is 22.1. The number of guanidine groups is 1. The highest BCUT2D eigenvalue weighted by atomic mass is 127. The average molecular weight is 437 g/mol. The first-order chi connectivity index (χ1) is 10.6. The summed E-state index contributed by atoms with van der Waals surface area (Å²) in [6.45, 7) is 6.18. The van der Waals surface area contributed by atoms with Gasteiger partial charge in [-0.2, -0.15) is 0 Å². The van der Waals surface area contributed by atoms with E-state index in [-0.39, 0.29) is 36.4 Å². The second-order valence-electron chi connectivity index (χ2n) is 5.35. The van der Waals surface area contributed by atoms with E-state index in [1.54, 1.807) is 20.2 Å². The van der Waals surface area contributed by atoms with E-state index >= 15 is 0 Å². The van der Waals surface area contributed by atoms with Gasteiger partial charge in [-0.3, -0.25) is 4.99 Å². The van der Waals surface area contributed by atoms with Gasteiger partial charge >= 0.3 is 0 Å². The standard InChI is InChI=1S/C17H28FN3O.HI/c1-5-13(6-2)10-20-17(19-3)21-11-14-7-8-16(18)15(9-14)12-22-4;/h7-9,13H,5-6,10-12H2,1-4H3,(H2,19,20,21);1H. The molecule has 1 aromatic rings. The number of nitrogens with zero attached hydrogens (tertiary/aromatic N) is 1. The number of methoxy groups -OCH3 is 1. The first-order valence-corrected chi connectivity index (χ1v) is 7.85. The summed E-state index contributed by atoms with van der Waals surface area (Å²) in [5.74, 6) is 1.18. The Bertz CT molecular complexity index is 479. The van der Waals surface area contributed by atoms with Crippen LogP contribution in [-0.4, -0.2) is 26.7 Å². The van der Waals surface area contributed by atoms with Crippen molar-refractivity contribution in [3.63, 3.8) is 0 Å². The van der Waals surface area contributed by atoms with E-state index in [0.29, 0.717) is 18.0 Å². The van der Waals surface area contributed by atoms with Crippen LogP contribution in [0.25, 0.3) is 0 Å². The summed E-state index contributed by atoms with van der Waals surface area (Å²) in [5.41, 5.74) is 1.57. The van der Waals surface area contributed by atoms with Crippen molar-refractivity contribution in [1.82, 2.24) is 10.6 Å². The molecule has 0 aliphatic rings. The molecule has 0 aliphatic heterocycles. The minimum absolute atomic E-state index is 0. The zero-order valence-corrected chi connectivity index (χ0v) is 16.8. The molecule has 0 saturated heterocycles. The number of nitrogens with one attached hydrogen (secondary N) is 2. The molecule has 0 aliphatic carbocycles. The Labute approximate surface area is 156 Å². The molecule has 0 fully saturated rings. The summed E-state index contributed by atoms with van der Waals surface area (Å²) in [6, 6.07) is 5.07. The lowest BCUT2D eigenvalue weighted by molar-refractivity contribution is 0.181. The fourth-order valence-electron chi connectivity index (χ4n) is 2.23. The fourth-order valence-corrected chi connectivity index (χ4v) is 2.23. The van der Waals surface area contributed by atoms with Crippen molar-refractivity contribution >= 4 is 29.9 Å². The van der Waals surface area contributed by atoms with Crippen LogP contribution in [0.3, 0.4) is 0 Å². The molecule has 0 unspecified atom stereocenters. The van der Waals surface area contributed by atoms with Crippen molar-refractivity contribution in [3.05, 3.63) is 35.1 Å². The molecule has 0 amide bonds. The smallest absolute Gasteiger partial charge is 0.191 e. The third-order valence-electron chi connectivity index (χ3n) is 3.81. The number of halogens is 2. The maximum absolute atomic E-state index is 13.6. The molecule has 132 valence electrons. The van der Waals surface area contributed by atoms with Gasteiger partial charge in [0, 0.05) is 32.8 Å². The molecule has 0 spiro atoms. The number of benzene rings is 1. The lowest BCUT2D eigenvalue weighted by Gasteiger charge is -2.17. The molecule has 0 bridgehead atoms. The largest absolute Gasteiger partial charge is 0.380 e. The van der Waals surface area contributed by atoms with Crippen LogP contribution in [0.2, 0.25) is 0 Å². The average Bonchev–Trinajstić information content (AvgIpc) is 2.54. The zero-order chi connectivity index (χ0) is 16.4. The number of aliphatic imine (C=N–C) groups is 1. The van der Waals surface area contributed by atoms with Crippen LogP contribution in [0.4, 0.5) is 4.39 Å². The van der Waals surface area contributed by atoms with Crippen molar-refractivity contribution in [2.75, 3.05) is 20.7 Å². The molecule has 0 aromatic heterocycles. The van der Waals surface area contributed by atoms with Crippen molar-refractivity contribution in [2.24, 2.45) is 10.9 Å². The summed E-state index contributed by atoms with van der Waals surface area (Å²) >= 11 is 0. The third kappa shape index (κ3) is 7.97. The van der Waals surface area contributed by atoms with Gasteiger partial charge in [-0.05, 0) is 23.6 Å². The van der Waals surface area contributed by atoms with E-state index < -0.39 is 0 Å². The lowest BCUT2D eigenvalue weighted by Crippen LogP contribution is -2.39. The predicted octanol–water partition coefficient (Wildman–Crippen LogP) is 3.69. The van der Waals surface area contributed by atoms with Crippen LogP contribution in [-0.2, 0) is 17.9 Å². The molecule has 0 atom stereocenters. The van der Waals surface area contributed by atoms with Crippen molar-refractivity contribution in [3.8, 4) is 0 Å². The molecule has 2 N–H and O–H groups in total. The summed E-state index contributed by atoms with van der Waals surface area (Å²) < 4.78 is 18.6. The normalized spacial score (nSPS) is 11.3. The third-order valence-corrected chi connectivity index (χ3v) is 3.81. The van der Waals surface area contributed by atoms with E-state index in [2.05, 4.69) is 29.5 Å². The minimum Gasteiger partial charge on any atom is -0.380 e. The summed E-state index contributed by atoms with van der Waals surface area (Å²) in [5, 5.41) is 6.59. The Hall–Kier alpha value is -0.890. The van der Waals surface area contributed by atoms with Gasteiger partial charge in [0.15, 0.2) is 5.96 Å². The van der Waals surface area contributed by atoms with Gasteiger partial charge in [0.05, 0.1) is 6.61 Å². The van der Waals surface area contributed by atoms with Gasteiger partial charge in [-0.25, -0.2) is 4.39 Å². The topological polar surface area (TPSA) is 45.7 Å². The van der Waals surface area contributed by atoms with Crippen molar-refractivity contribution in [2.45, 2.75) is 39.8 Å². The Morgan fingerprint density at radius 3 is 2.52 bits per heavy atom. The maximum Gasteiger partial charge on any atom is 0.191 e. The van der Waals surface area contributed by atoms with Crippen LogP contribution < -0.4 is 10.6 Å². The van der Waals surface area contributed by atoms with E-state index in [1.807, 2.05) is 6.07 Å². The molecule has 1 aromatic carbocycles. The van der Waals surface area contributed by atoms with Gasteiger partial charge in [0.25, 0.3) is 0 Å². The van der Waals surface area contributed by atoms with Crippen LogP contribution >= 0.6 is 24.0 Å². The number of hydrogen-bond donors (Lipinski definition) is 2. The summed E-state index contributed by atoms with van der Waals surface area (Å²) in [4.78, 5) is 4.22. The van der Waals surface area contributed by atoms with Crippen molar-refractivity contribution < 1.29 is 9.13 Å². The van der Waals surface area contributed by atoms with E-state index in [1.165, 1.54) is 6.07 Å². The summed E-state index contributed by atoms with van der Waals surface area (Å²) in [7, 11) is 3.32. The monoisotopic (exact) mass is 437 g/mol. The molecular weight excluding hydrogens is 408 g/mol. The molecule has 0 heterocycles. The van der Waals surface area contributed by atoms with E-state index in [0.717, 1.165) is 30.9 Å². The second kappa shape index (κ2) is 12.5. The van der Waals surface area contributed by atoms with Gasteiger partial charge in [0.1, 0.15) is 5.82 Å². The summed E-state index contributed by atoms with van der Waals surface area (Å²) in [6.07, 6.45) is 2.30. The predicted molar refractivity (Wildman–Crippen MR) is 105 cm³/mol.